The van der Waals surface area contributed by atoms with Gasteiger partial charge in [0.15, 0.2) is 0 Å². The van der Waals surface area contributed by atoms with Crippen LogP contribution in [-0.2, 0) is 5.33 Å². The van der Waals surface area contributed by atoms with Gasteiger partial charge in [0.25, 0.3) is 0 Å². The second-order valence-electron chi connectivity index (χ2n) is 2.76. The van der Waals surface area contributed by atoms with Crippen LogP contribution >= 0.6 is 39.9 Å². The summed E-state index contributed by atoms with van der Waals surface area (Å²) in [4.78, 5) is 0.994. The minimum Gasteiger partial charge on any atom is -0.398 e. The average Bonchev–Trinajstić information content (AvgIpc) is 2.53. The van der Waals surface area contributed by atoms with Gasteiger partial charge >= 0.3 is 0 Å². The number of anilines is 1. The van der Waals surface area contributed by atoms with E-state index in [1.54, 1.807) is 11.3 Å². The highest BCUT2D eigenvalue weighted by Crippen LogP contribution is 2.34. The third kappa shape index (κ3) is 1.47. The molecule has 0 saturated heterocycles. The lowest BCUT2D eigenvalue weighted by Crippen LogP contribution is -1.92. The molecule has 0 bridgehead atoms. The van der Waals surface area contributed by atoms with E-state index in [1.165, 1.54) is 10.1 Å². The number of thiophene rings is 1. The largest absolute Gasteiger partial charge is 0.398 e. The summed E-state index contributed by atoms with van der Waals surface area (Å²) in [5.74, 6) is 0. The average molecular weight is 274 g/mol. The first-order valence-electron chi connectivity index (χ1n) is 3.77. The number of thiol groups is 1. The van der Waals surface area contributed by atoms with Crippen LogP contribution in [0.15, 0.2) is 22.4 Å². The zero-order chi connectivity index (χ0) is 9.42. The van der Waals surface area contributed by atoms with Crippen LogP contribution in [0.2, 0.25) is 0 Å². The molecule has 1 heterocycles. The van der Waals surface area contributed by atoms with E-state index < -0.39 is 0 Å². The Morgan fingerprint density at radius 1 is 1.54 bits per heavy atom. The second-order valence-corrected chi connectivity index (χ2v) is 4.71. The standard InChI is InChI=1S/C9H8BrNS2/c10-4-6-7(11)3-8-5(9(6)12)1-2-13-8/h1-3,12H,4,11H2. The Balaban J connectivity index is 2.85. The number of hydrogen-bond acceptors (Lipinski definition) is 3. The molecule has 4 heteroatoms. The molecule has 0 aliphatic carbocycles. The Hall–Kier alpha value is -0.190. The highest BCUT2D eigenvalue weighted by atomic mass is 79.9. The molecule has 0 aliphatic rings. The summed E-state index contributed by atoms with van der Waals surface area (Å²) in [6, 6.07) is 4.09. The monoisotopic (exact) mass is 273 g/mol. The molecule has 1 nitrogen and oxygen atoms in total. The maximum absolute atomic E-state index is 5.88. The molecule has 0 fully saturated rings. The molecule has 0 saturated carbocycles. The number of nitrogen functional groups attached to an aromatic ring is 1. The van der Waals surface area contributed by atoms with Crippen molar-refractivity contribution in [2.75, 3.05) is 5.73 Å². The van der Waals surface area contributed by atoms with Gasteiger partial charge in [-0.05, 0) is 23.1 Å². The highest BCUT2D eigenvalue weighted by molar-refractivity contribution is 9.08. The summed E-state index contributed by atoms with van der Waals surface area (Å²) in [7, 11) is 0. The van der Waals surface area contributed by atoms with Crippen molar-refractivity contribution in [3.05, 3.63) is 23.1 Å². The molecule has 0 spiro atoms. The van der Waals surface area contributed by atoms with Crippen molar-refractivity contribution >= 4 is 55.7 Å². The minimum absolute atomic E-state index is 0.753. The molecule has 2 N–H and O–H groups in total. The molecule has 0 unspecified atom stereocenters. The van der Waals surface area contributed by atoms with Crippen LogP contribution in [0.3, 0.4) is 0 Å². The number of fused-ring (bicyclic) bond motifs is 1. The first-order chi connectivity index (χ1) is 6.24. The first kappa shape index (κ1) is 9.37. The van der Waals surface area contributed by atoms with E-state index in [1.807, 2.05) is 6.07 Å². The quantitative estimate of drug-likeness (QED) is 0.463. The normalized spacial score (nSPS) is 10.9. The molecular weight excluding hydrogens is 266 g/mol. The number of alkyl halides is 1. The zero-order valence-electron chi connectivity index (χ0n) is 6.75. The fraction of sp³-hybridized carbons (Fsp3) is 0.111. The summed E-state index contributed by atoms with van der Waals surface area (Å²) in [6.07, 6.45) is 0. The predicted octanol–water partition coefficient (Wildman–Crippen LogP) is 3.67. The SMILES string of the molecule is Nc1cc2sccc2c(S)c1CBr. The molecule has 1 aromatic heterocycles. The summed E-state index contributed by atoms with van der Waals surface area (Å²) in [6.45, 7) is 0. The second kappa shape index (κ2) is 3.52. The molecule has 0 atom stereocenters. The van der Waals surface area contributed by atoms with Crippen molar-refractivity contribution in [2.45, 2.75) is 10.2 Å². The molecule has 2 aromatic rings. The number of nitrogens with two attached hydrogens (primary N) is 1. The van der Waals surface area contributed by atoms with Crippen molar-refractivity contribution in [2.24, 2.45) is 0 Å². The van der Waals surface area contributed by atoms with Crippen LogP contribution in [0.1, 0.15) is 5.56 Å². The lowest BCUT2D eigenvalue weighted by Gasteiger charge is -2.06. The Labute approximate surface area is 94.5 Å². The number of halogens is 1. The van der Waals surface area contributed by atoms with Crippen molar-refractivity contribution in [3.8, 4) is 0 Å². The van der Waals surface area contributed by atoms with E-state index in [0.717, 1.165) is 21.5 Å². The lowest BCUT2D eigenvalue weighted by molar-refractivity contribution is 1.34. The third-order valence-corrected chi connectivity index (χ3v) is 3.94. The van der Waals surface area contributed by atoms with Crippen LogP contribution in [0.5, 0.6) is 0 Å². The van der Waals surface area contributed by atoms with Gasteiger partial charge < -0.3 is 5.73 Å². The van der Waals surface area contributed by atoms with Crippen LogP contribution in [-0.4, -0.2) is 0 Å². The van der Waals surface area contributed by atoms with Crippen molar-refractivity contribution in [1.29, 1.82) is 0 Å². The van der Waals surface area contributed by atoms with E-state index in [0.29, 0.717) is 0 Å². The van der Waals surface area contributed by atoms with Crippen molar-refractivity contribution in [1.82, 2.24) is 0 Å². The summed E-state index contributed by atoms with van der Waals surface area (Å²) in [5.41, 5.74) is 7.78. The first-order valence-corrected chi connectivity index (χ1v) is 6.22. The highest BCUT2D eigenvalue weighted by Gasteiger charge is 2.08. The van der Waals surface area contributed by atoms with Crippen LogP contribution in [0, 0.1) is 0 Å². The van der Waals surface area contributed by atoms with Gasteiger partial charge in [0.05, 0.1) is 0 Å². The smallest absolute Gasteiger partial charge is 0.0380 e. The van der Waals surface area contributed by atoms with Gasteiger partial charge in [-0.2, -0.15) is 0 Å². The molecule has 13 heavy (non-hydrogen) atoms. The zero-order valence-corrected chi connectivity index (χ0v) is 10.0. The van der Waals surface area contributed by atoms with Crippen LogP contribution < -0.4 is 5.73 Å². The van der Waals surface area contributed by atoms with Gasteiger partial charge in [0.1, 0.15) is 0 Å². The number of rotatable bonds is 1. The Morgan fingerprint density at radius 3 is 3.00 bits per heavy atom. The van der Waals surface area contributed by atoms with Crippen LogP contribution in [0.25, 0.3) is 10.1 Å². The van der Waals surface area contributed by atoms with E-state index >= 15 is 0 Å². The van der Waals surface area contributed by atoms with E-state index in [9.17, 15) is 0 Å². The van der Waals surface area contributed by atoms with E-state index in [4.69, 9.17) is 5.73 Å². The molecular formula is C9H8BrNS2. The van der Waals surface area contributed by atoms with Crippen molar-refractivity contribution < 1.29 is 0 Å². The Bertz CT molecular complexity index is 450. The topological polar surface area (TPSA) is 26.0 Å². The lowest BCUT2D eigenvalue weighted by atomic mass is 10.1. The fourth-order valence-electron chi connectivity index (χ4n) is 1.30. The van der Waals surface area contributed by atoms with Gasteiger partial charge in [-0.15, -0.1) is 24.0 Å². The molecule has 0 amide bonds. The van der Waals surface area contributed by atoms with Gasteiger partial charge in [-0.3, -0.25) is 0 Å². The number of benzene rings is 1. The minimum atomic E-state index is 0.753. The van der Waals surface area contributed by atoms with Gasteiger partial charge in [-0.25, -0.2) is 0 Å². The third-order valence-electron chi connectivity index (χ3n) is 2.00. The summed E-state index contributed by atoms with van der Waals surface area (Å²) >= 11 is 9.57. The summed E-state index contributed by atoms with van der Waals surface area (Å²) in [5, 5.41) is 4.00. The van der Waals surface area contributed by atoms with E-state index in [-0.39, 0.29) is 0 Å². The predicted molar refractivity (Wildman–Crippen MR) is 66.1 cm³/mol. The Kier molecular flexibility index (Phi) is 2.53. The Morgan fingerprint density at radius 2 is 2.31 bits per heavy atom. The van der Waals surface area contributed by atoms with Crippen molar-refractivity contribution in [3.63, 3.8) is 0 Å². The number of hydrogen-bond donors (Lipinski definition) is 2. The molecule has 0 radical (unpaired) electrons. The molecule has 68 valence electrons. The van der Waals surface area contributed by atoms with E-state index in [2.05, 4.69) is 40.0 Å². The summed E-state index contributed by atoms with van der Waals surface area (Å²) < 4.78 is 1.20. The van der Waals surface area contributed by atoms with Gasteiger partial charge in [-0.1, -0.05) is 15.9 Å². The molecule has 1 aromatic carbocycles. The fourth-order valence-corrected chi connectivity index (χ4v) is 3.44. The van der Waals surface area contributed by atoms with Crippen LogP contribution in [0.4, 0.5) is 5.69 Å². The maximum atomic E-state index is 5.88. The van der Waals surface area contributed by atoms with Gasteiger partial charge in [0.2, 0.25) is 0 Å². The maximum Gasteiger partial charge on any atom is 0.0380 e. The molecule has 0 aliphatic heterocycles. The molecule has 2 rings (SSSR count). The van der Waals surface area contributed by atoms with Gasteiger partial charge in [0, 0.05) is 26.0 Å².